The first-order valence-corrected chi connectivity index (χ1v) is 4.82. The molecule has 73 valence electrons. The smallest absolute Gasteiger partial charge is 0.00368 e. The highest BCUT2D eigenvalue weighted by Crippen LogP contribution is 1.76. The van der Waals surface area contributed by atoms with Crippen molar-refractivity contribution in [2.45, 2.75) is 19.3 Å². The van der Waals surface area contributed by atoms with Gasteiger partial charge in [0, 0.05) is 0 Å². The van der Waals surface area contributed by atoms with E-state index in [9.17, 15) is 0 Å². The van der Waals surface area contributed by atoms with E-state index in [4.69, 9.17) is 5.73 Å². The Labute approximate surface area is 76.1 Å². The molecule has 3 heteroatoms. The van der Waals surface area contributed by atoms with E-state index in [1.54, 1.807) is 0 Å². The summed E-state index contributed by atoms with van der Waals surface area (Å²) < 4.78 is 0. The van der Waals surface area contributed by atoms with Gasteiger partial charge in [-0.3, -0.25) is 0 Å². The van der Waals surface area contributed by atoms with Gasteiger partial charge in [0.1, 0.15) is 0 Å². The van der Waals surface area contributed by atoms with Crippen molar-refractivity contribution in [1.29, 1.82) is 0 Å². The van der Waals surface area contributed by atoms with Crippen LogP contribution in [0.25, 0.3) is 0 Å². The topological polar surface area (TPSA) is 50.1 Å². The van der Waals surface area contributed by atoms with E-state index in [0.29, 0.717) is 0 Å². The van der Waals surface area contributed by atoms with Crippen molar-refractivity contribution < 1.29 is 0 Å². The van der Waals surface area contributed by atoms with Gasteiger partial charge in [0.15, 0.2) is 0 Å². The molecule has 1 radical (unpaired) electrons. The molecule has 0 unspecified atom stereocenters. The van der Waals surface area contributed by atoms with E-state index >= 15 is 0 Å². The maximum Gasteiger partial charge on any atom is -0.00368 e. The summed E-state index contributed by atoms with van der Waals surface area (Å²) in [6.07, 6.45) is 3.23. The van der Waals surface area contributed by atoms with Gasteiger partial charge in [-0.2, -0.15) is 0 Å². The average molecular weight is 172 g/mol. The van der Waals surface area contributed by atoms with Crippen LogP contribution >= 0.6 is 0 Å². The van der Waals surface area contributed by atoms with Crippen LogP contribution in [0.3, 0.4) is 0 Å². The number of nitrogens with two attached hydrogens (primary N) is 1. The monoisotopic (exact) mass is 172 g/mol. The zero-order chi connectivity index (χ0) is 9.07. The van der Waals surface area contributed by atoms with Crippen LogP contribution in [0.2, 0.25) is 0 Å². The number of hydrogen-bond donors (Lipinski definition) is 3. The molecule has 0 spiro atoms. The second kappa shape index (κ2) is 10.9. The van der Waals surface area contributed by atoms with Gasteiger partial charge < -0.3 is 16.4 Å². The summed E-state index contributed by atoms with van der Waals surface area (Å²) in [6.45, 7) is 8.79. The molecule has 0 aliphatic heterocycles. The Balaban J connectivity index is 2.73. The molecule has 0 aliphatic rings. The summed E-state index contributed by atoms with van der Waals surface area (Å²) in [4.78, 5) is 0. The van der Waals surface area contributed by atoms with Crippen molar-refractivity contribution in [3.8, 4) is 0 Å². The van der Waals surface area contributed by atoms with Crippen molar-refractivity contribution in [1.82, 2.24) is 10.6 Å². The summed E-state index contributed by atoms with van der Waals surface area (Å²) >= 11 is 0. The van der Waals surface area contributed by atoms with Crippen LogP contribution in [0.5, 0.6) is 0 Å². The van der Waals surface area contributed by atoms with Gasteiger partial charge in [0.25, 0.3) is 0 Å². The first-order valence-electron chi connectivity index (χ1n) is 4.82. The molecule has 12 heavy (non-hydrogen) atoms. The van der Waals surface area contributed by atoms with Crippen molar-refractivity contribution in [2.75, 3.05) is 32.7 Å². The normalized spacial score (nSPS) is 10.5. The lowest BCUT2D eigenvalue weighted by Gasteiger charge is -2.04. The molecule has 0 saturated carbocycles. The van der Waals surface area contributed by atoms with E-state index < -0.39 is 0 Å². The van der Waals surface area contributed by atoms with Gasteiger partial charge >= 0.3 is 0 Å². The molecule has 0 fully saturated rings. The average Bonchev–Trinajstić information content (AvgIpc) is 2.10. The summed E-state index contributed by atoms with van der Waals surface area (Å²) in [6, 6.07) is 0. The minimum absolute atomic E-state index is 0.784. The standard InChI is InChI=1S/C9H22N3/c1-2-6-11-8-4-9-12-7-3-5-10/h11-12H,1-10H2. The SMILES string of the molecule is [CH2]CCNCCCNCCCN. The molecular formula is C9H22N3. The van der Waals surface area contributed by atoms with Gasteiger partial charge in [-0.25, -0.2) is 0 Å². The third-order valence-electron chi connectivity index (χ3n) is 1.62. The maximum atomic E-state index is 5.35. The van der Waals surface area contributed by atoms with Crippen molar-refractivity contribution in [3.63, 3.8) is 0 Å². The zero-order valence-corrected chi connectivity index (χ0v) is 7.94. The number of hydrogen-bond acceptors (Lipinski definition) is 3. The van der Waals surface area contributed by atoms with Crippen LogP contribution in [0.15, 0.2) is 0 Å². The van der Waals surface area contributed by atoms with Crippen molar-refractivity contribution in [2.24, 2.45) is 5.73 Å². The lowest BCUT2D eigenvalue weighted by Crippen LogP contribution is -2.24. The highest BCUT2D eigenvalue weighted by atomic mass is 14.9. The highest BCUT2D eigenvalue weighted by molar-refractivity contribution is 4.52. The predicted octanol–water partition coefficient (Wildman–Crippen LogP) is 0.129. The summed E-state index contributed by atoms with van der Waals surface area (Å²) in [5, 5.41) is 6.63. The van der Waals surface area contributed by atoms with E-state index in [2.05, 4.69) is 17.6 Å². The lowest BCUT2D eigenvalue weighted by atomic mass is 10.3. The third kappa shape index (κ3) is 9.88. The van der Waals surface area contributed by atoms with Crippen LogP contribution < -0.4 is 16.4 Å². The van der Waals surface area contributed by atoms with E-state index in [1.165, 1.54) is 6.42 Å². The van der Waals surface area contributed by atoms with E-state index in [1.807, 2.05) is 0 Å². The zero-order valence-electron chi connectivity index (χ0n) is 7.94. The molecule has 0 saturated heterocycles. The Bertz CT molecular complexity index is 66.2. The van der Waals surface area contributed by atoms with Crippen LogP contribution in [0.4, 0.5) is 0 Å². The minimum atomic E-state index is 0.784. The fourth-order valence-electron chi connectivity index (χ4n) is 0.940. The first kappa shape index (κ1) is 11.9. The van der Waals surface area contributed by atoms with Gasteiger partial charge in [-0.15, -0.1) is 0 Å². The van der Waals surface area contributed by atoms with E-state index in [0.717, 1.165) is 45.6 Å². The molecular weight excluding hydrogens is 150 g/mol. The number of rotatable bonds is 9. The quantitative estimate of drug-likeness (QED) is 0.433. The van der Waals surface area contributed by atoms with Crippen molar-refractivity contribution >= 4 is 0 Å². The summed E-state index contributed by atoms with van der Waals surface area (Å²) in [7, 11) is 0. The Morgan fingerprint density at radius 1 is 0.917 bits per heavy atom. The fourth-order valence-corrected chi connectivity index (χ4v) is 0.940. The van der Waals surface area contributed by atoms with Crippen LogP contribution in [-0.2, 0) is 0 Å². The Kier molecular flexibility index (Phi) is 10.8. The van der Waals surface area contributed by atoms with Gasteiger partial charge in [0.2, 0.25) is 0 Å². The Hall–Kier alpha value is -0.120. The van der Waals surface area contributed by atoms with Crippen LogP contribution in [-0.4, -0.2) is 32.7 Å². The second-order valence-electron chi connectivity index (χ2n) is 2.85. The molecule has 0 amide bonds. The maximum absolute atomic E-state index is 5.35. The van der Waals surface area contributed by atoms with Crippen LogP contribution in [0, 0.1) is 6.92 Å². The third-order valence-corrected chi connectivity index (χ3v) is 1.62. The van der Waals surface area contributed by atoms with Gasteiger partial charge in [-0.1, -0.05) is 6.92 Å². The Morgan fingerprint density at radius 3 is 2.08 bits per heavy atom. The molecule has 0 aromatic rings. The molecule has 0 aromatic carbocycles. The van der Waals surface area contributed by atoms with Gasteiger partial charge in [-0.05, 0) is 52.0 Å². The minimum Gasteiger partial charge on any atom is -0.330 e. The van der Waals surface area contributed by atoms with Crippen LogP contribution in [0.1, 0.15) is 19.3 Å². The molecule has 0 aromatic heterocycles. The molecule has 4 N–H and O–H groups in total. The molecule has 0 atom stereocenters. The second-order valence-corrected chi connectivity index (χ2v) is 2.85. The molecule has 0 aliphatic carbocycles. The molecule has 0 bridgehead atoms. The molecule has 0 heterocycles. The summed E-state index contributed by atoms with van der Waals surface area (Å²) in [5.74, 6) is 0. The fraction of sp³-hybridized carbons (Fsp3) is 0.889. The molecule has 3 nitrogen and oxygen atoms in total. The Morgan fingerprint density at radius 2 is 1.50 bits per heavy atom. The number of nitrogens with one attached hydrogen (secondary N) is 2. The molecule has 0 rings (SSSR count). The van der Waals surface area contributed by atoms with Gasteiger partial charge in [0.05, 0.1) is 0 Å². The predicted molar refractivity (Wildman–Crippen MR) is 54.0 cm³/mol. The summed E-state index contributed by atoms with van der Waals surface area (Å²) in [5.41, 5.74) is 5.35. The van der Waals surface area contributed by atoms with E-state index in [-0.39, 0.29) is 0 Å². The lowest BCUT2D eigenvalue weighted by molar-refractivity contribution is 0.588. The largest absolute Gasteiger partial charge is 0.330 e. The first-order chi connectivity index (χ1) is 5.91. The highest BCUT2D eigenvalue weighted by Gasteiger charge is 1.87. The van der Waals surface area contributed by atoms with Crippen molar-refractivity contribution in [3.05, 3.63) is 6.92 Å².